The minimum atomic E-state index is 0.845. The molecule has 1 fully saturated rings. The monoisotopic (exact) mass is 367 g/mol. The highest BCUT2D eigenvalue weighted by atomic mass is 32.2. The number of nitrogens with one attached hydrogen (secondary N) is 1. The lowest BCUT2D eigenvalue weighted by Crippen LogP contribution is -2.43. The number of aromatic nitrogens is 1. The highest BCUT2D eigenvalue weighted by Gasteiger charge is 2.17. The largest absolute Gasteiger partial charge is 0.355 e. The first-order valence-electron chi connectivity index (χ1n) is 8.95. The number of aryl methyl sites for hydroxylation is 2. The van der Waals surface area contributed by atoms with Crippen LogP contribution in [0, 0.1) is 0 Å². The van der Waals surface area contributed by atoms with Crippen molar-refractivity contribution in [1.29, 1.82) is 0 Å². The van der Waals surface area contributed by atoms with E-state index in [1.54, 1.807) is 0 Å². The van der Waals surface area contributed by atoms with E-state index in [2.05, 4.69) is 38.9 Å². The summed E-state index contributed by atoms with van der Waals surface area (Å²) in [7, 11) is 3.97. The summed E-state index contributed by atoms with van der Waals surface area (Å²) in [6.45, 7) is 5.32. The molecule has 134 valence electrons. The van der Waals surface area contributed by atoms with Crippen molar-refractivity contribution in [3.8, 4) is 0 Å². The molecule has 1 aliphatic heterocycles. The zero-order valence-corrected chi connectivity index (χ0v) is 16.5. The van der Waals surface area contributed by atoms with E-state index in [0.717, 1.165) is 32.0 Å². The molecule has 0 aromatic carbocycles. The first-order valence-corrected chi connectivity index (χ1v) is 10.9. The molecule has 1 aromatic rings. The molecule has 2 aliphatic rings. The number of rotatable bonds is 5. The normalized spacial score (nSPS) is 19.2. The Morgan fingerprint density at radius 1 is 1.29 bits per heavy atom. The topological polar surface area (TPSA) is 43.8 Å². The fourth-order valence-electron chi connectivity index (χ4n) is 3.29. The average molecular weight is 368 g/mol. The second-order valence-corrected chi connectivity index (χ2v) is 8.86. The maximum Gasteiger partial charge on any atom is 0.193 e. The van der Waals surface area contributed by atoms with Gasteiger partial charge in [0.1, 0.15) is 5.01 Å². The van der Waals surface area contributed by atoms with Gasteiger partial charge in [-0.1, -0.05) is 0 Å². The molecule has 24 heavy (non-hydrogen) atoms. The van der Waals surface area contributed by atoms with Gasteiger partial charge in [0, 0.05) is 56.7 Å². The Bertz CT molecular complexity index is 528. The Morgan fingerprint density at radius 3 is 2.83 bits per heavy atom. The van der Waals surface area contributed by atoms with Gasteiger partial charge in [-0.15, -0.1) is 11.3 Å². The highest BCUT2D eigenvalue weighted by Crippen LogP contribution is 2.27. The molecule has 0 radical (unpaired) electrons. The fraction of sp³-hybridized carbons (Fsp3) is 0.765. The molecule has 1 N–H and O–H groups in total. The smallest absolute Gasteiger partial charge is 0.193 e. The van der Waals surface area contributed by atoms with Crippen molar-refractivity contribution < 1.29 is 0 Å². The van der Waals surface area contributed by atoms with Gasteiger partial charge >= 0.3 is 0 Å². The van der Waals surface area contributed by atoms with Gasteiger partial charge in [0.15, 0.2) is 5.96 Å². The van der Waals surface area contributed by atoms with Gasteiger partial charge in [-0.25, -0.2) is 4.98 Å². The van der Waals surface area contributed by atoms with Crippen LogP contribution in [0.4, 0.5) is 0 Å². The number of nitrogens with zero attached hydrogens (tertiary/aromatic N) is 4. The summed E-state index contributed by atoms with van der Waals surface area (Å²) in [5.41, 5.74) is 1.35. The molecule has 5 nitrogen and oxygen atoms in total. The van der Waals surface area contributed by atoms with Gasteiger partial charge in [-0.05, 0) is 25.7 Å². The SMILES string of the molecule is CN=C(NCCN1CCSCC1)N(C)Cc1nc2c(s1)CCCC2. The third-order valence-corrected chi connectivity index (χ3v) is 6.74. The van der Waals surface area contributed by atoms with E-state index in [4.69, 9.17) is 4.98 Å². The molecule has 1 aromatic heterocycles. The lowest BCUT2D eigenvalue weighted by Gasteiger charge is -2.27. The summed E-state index contributed by atoms with van der Waals surface area (Å²) in [4.78, 5) is 15.5. The standard InChI is InChI=1S/C17H29N5S2/c1-18-17(19-7-8-22-9-11-23-12-10-22)21(2)13-16-20-14-5-3-4-6-15(14)24-16/h3-13H2,1-2H3,(H,18,19). The van der Waals surface area contributed by atoms with Crippen molar-refractivity contribution >= 4 is 29.1 Å². The second-order valence-electron chi connectivity index (χ2n) is 6.47. The van der Waals surface area contributed by atoms with Crippen LogP contribution in [0.3, 0.4) is 0 Å². The van der Waals surface area contributed by atoms with Crippen LogP contribution < -0.4 is 5.32 Å². The maximum atomic E-state index is 4.84. The molecule has 0 atom stereocenters. The van der Waals surface area contributed by atoms with Gasteiger partial charge in [0.05, 0.1) is 12.2 Å². The van der Waals surface area contributed by atoms with E-state index in [1.165, 1.54) is 59.4 Å². The molecular formula is C17H29N5S2. The Kier molecular flexibility index (Phi) is 6.80. The van der Waals surface area contributed by atoms with E-state index in [9.17, 15) is 0 Å². The van der Waals surface area contributed by atoms with Crippen LogP contribution in [0.1, 0.15) is 28.4 Å². The Morgan fingerprint density at radius 2 is 2.08 bits per heavy atom. The van der Waals surface area contributed by atoms with Crippen LogP contribution in [0.15, 0.2) is 4.99 Å². The van der Waals surface area contributed by atoms with E-state index in [-0.39, 0.29) is 0 Å². The van der Waals surface area contributed by atoms with Gasteiger partial charge in [0.25, 0.3) is 0 Å². The molecular weight excluding hydrogens is 338 g/mol. The maximum absolute atomic E-state index is 4.84. The molecule has 3 rings (SSSR count). The molecule has 0 saturated carbocycles. The molecule has 0 bridgehead atoms. The number of aliphatic imine (C=N–C) groups is 1. The van der Waals surface area contributed by atoms with Crippen LogP contribution in [0.5, 0.6) is 0 Å². The first-order chi connectivity index (χ1) is 11.8. The summed E-state index contributed by atoms with van der Waals surface area (Å²) < 4.78 is 0. The van der Waals surface area contributed by atoms with Gasteiger partial charge in [-0.2, -0.15) is 11.8 Å². The minimum Gasteiger partial charge on any atom is -0.355 e. The van der Waals surface area contributed by atoms with Crippen molar-refractivity contribution in [3.63, 3.8) is 0 Å². The lowest BCUT2D eigenvalue weighted by molar-refractivity contribution is 0.305. The molecule has 0 spiro atoms. The summed E-state index contributed by atoms with van der Waals surface area (Å²) in [5, 5.41) is 4.73. The molecule has 2 heterocycles. The summed E-state index contributed by atoms with van der Waals surface area (Å²) in [6, 6.07) is 0. The number of guanidine groups is 1. The van der Waals surface area contributed by atoms with Crippen molar-refractivity contribution in [2.75, 3.05) is 51.8 Å². The predicted molar refractivity (Wildman–Crippen MR) is 105 cm³/mol. The summed E-state index contributed by atoms with van der Waals surface area (Å²) in [6.07, 6.45) is 5.00. The fourth-order valence-corrected chi connectivity index (χ4v) is 5.48. The van der Waals surface area contributed by atoms with Crippen LogP contribution in [-0.2, 0) is 19.4 Å². The van der Waals surface area contributed by atoms with Crippen LogP contribution in [0.25, 0.3) is 0 Å². The summed E-state index contributed by atoms with van der Waals surface area (Å²) in [5.74, 6) is 3.50. The number of fused-ring (bicyclic) bond motifs is 1. The van der Waals surface area contributed by atoms with E-state index >= 15 is 0 Å². The molecule has 0 amide bonds. The highest BCUT2D eigenvalue weighted by molar-refractivity contribution is 7.99. The number of thiazole rings is 1. The number of thioether (sulfide) groups is 1. The number of hydrogen-bond donors (Lipinski definition) is 1. The molecule has 1 aliphatic carbocycles. The van der Waals surface area contributed by atoms with Crippen LogP contribution in [0.2, 0.25) is 0 Å². The van der Waals surface area contributed by atoms with E-state index in [1.807, 2.05) is 18.4 Å². The van der Waals surface area contributed by atoms with Crippen molar-refractivity contribution in [2.24, 2.45) is 4.99 Å². The lowest BCUT2D eigenvalue weighted by atomic mass is 10.0. The summed E-state index contributed by atoms with van der Waals surface area (Å²) >= 11 is 3.95. The quantitative estimate of drug-likeness (QED) is 0.638. The molecule has 1 saturated heterocycles. The van der Waals surface area contributed by atoms with Gasteiger partial charge in [0.2, 0.25) is 0 Å². The zero-order chi connectivity index (χ0) is 16.8. The van der Waals surface area contributed by atoms with Crippen LogP contribution in [-0.4, -0.2) is 72.5 Å². The second kappa shape index (κ2) is 9.06. The third-order valence-electron chi connectivity index (χ3n) is 4.65. The third kappa shape index (κ3) is 4.86. The van der Waals surface area contributed by atoms with Crippen molar-refractivity contribution in [2.45, 2.75) is 32.2 Å². The van der Waals surface area contributed by atoms with Crippen molar-refractivity contribution in [1.82, 2.24) is 20.1 Å². The minimum absolute atomic E-state index is 0.845. The molecule has 0 unspecified atom stereocenters. The van der Waals surface area contributed by atoms with E-state index < -0.39 is 0 Å². The Labute approximate surface area is 153 Å². The zero-order valence-electron chi connectivity index (χ0n) is 14.9. The Balaban J connectivity index is 1.46. The molecule has 7 heteroatoms. The van der Waals surface area contributed by atoms with Crippen LogP contribution >= 0.6 is 23.1 Å². The first kappa shape index (κ1) is 18.0. The average Bonchev–Trinajstić information content (AvgIpc) is 3.01. The number of hydrogen-bond acceptors (Lipinski definition) is 5. The Hall–Kier alpha value is -0.790. The predicted octanol–water partition coefficient (Wildman–Crippen LogP) is 2.08. The van der Waals surface area contributed by atoms with E-state index in [0.29, 0.717) is 0 Å². The van der Waals surface area contributed by atoms with Crippen molar-refractivity contribution in [3.05, 3.63) is 15.6 Å². The van der Waals surface area contributed by atoms with Gasteiger partial charge < -0.3 is 10.2 Å². The van der Waals surface area contributed by atoms with Gasteiger partial charge in [-0.3, -0.25) is 9.89 Å².